The van der Waals surface area contributed by atoms with Crippen LogP contribution in [0.3, 0.4) is 0 Å². The number of hydrogen-bond acceptors (Lipinski definition) is 1. The zero-order valence-corrected chi connectivity index (χ0v) is 10.6. The number of amides is 1. The van der Waals surface area contributed by atoms with Crippen molar-refractivity contribution >= 4 is 24.9 Å². The van der Waals surface area contributed by atoms with E-state index in [2.05, 4.69) is 6.92 Å². The van der Waals surface area contributed by atoms with Crippen LogP contribution in [0.1, 0.15) is 33.6 Å². The molecule has 72 valence electrons. The summed E-state index contributed by atoms with van der Waals surface area (Å²) in [6.07, 6.45) is 2.45. The SMILES string of the molecule is CCCC[Te]C(=O)N(CC)CC. The predicted molar refractivity (Wildman–Crippen MR) is 53.8 cm³/mol. The number of hydrogen-bond donors (Lipinski definition) is 0. The van der Waals surface area contributed by atoms with Crippen molar-refractivity contribution in [3.05, 3.63) is 0 Å². The Kier molecular flexibility index (Phi) is 8.06. The van der Waals surface area contributed by atoms with Crippen molar-refractivity contribution < 1.29 is 4.79 Å². The van der Waals surface area contributed by atoms with Crippen molar-refractivity contribution in [3.63, 3.8) is 0 Å². The normalized spacial score (nSPS) is 9.92. The number of unbranched alkanes of at least 4 members (excludes halogenated alkanes) is 1. The average molecular weight is 285 g/mol. The molecule has 0 aromatic rings. The topological polar surface area (TPSA) is 20.3 Å². The van der Waals surface area contributed by atoms with Crippen molar-refractivity contribution in [2.45, 2.75) is 38.1 Å². The van der Waals surface area contributed by atoms with Crippen LogP contribution >= 0.6 is 0 Å². The van der Waals surface area contributed by atoms with Gasteiger partial charge in [0.05, 0.1) is 0 Å². The van der Waals surface area contributed by atoms with E-state index in [0.717, 1.165) is 13.1 Å². The van der Waals surface area contributed by atoms with Crippen LogP contribution < -0.4 is 0 Å². The number of rotatable bonds is 6. The minimum absolute atomic E-state index is 0.382. The van der Waals surface area contributed by atoms with Gasteiger partial charge in [0.25, 0.3) is 0 Å². The molecule has 0 aromatic carbocycles. The van der Waals surface area contributed by atoms with Crippen LogP contribution in [0.5, 0.6) is 0 Å². The molecular formula is C9H19NOTe. The molecule has 0 aliphatic rings. The van der Waals surface area contributed by atoms with Crippen molar-refractivity contribution in [1.29, 1.82) is 0 Å². The molecule has 0 saturated carbocycles. The average Bonchev–Trinajstić information content (AvgIpc) is 2.07. The van der Waals surface area contributed by atoms with Gasteiger partial charge in [-0.15, -0.1) is 0 Å². The van der Waals surface area contributed by atoms with E-state index in [1.165, 1.54) is 17.3 Å². The molecule has 0 heterocycles. The maximum atomic E-state index is 11.5. The van der Waals surface area contributed by atoms with Crippen LogP contribution in [-0.4, -0.2) is 42.9 Å². The molecule has 12 heavy (non-hydrogen) atoms. The van der Waals surface area contributed by atoms with E-state index in [-0.39, 0.29) is 20.9 Å². The standard InChI is InChI=1S/C9H19NOTe/c1-4-7-8-12-9(11)10(5-2)6-3/h4-8H2,1-3H3. The zero-order chi connectivity index (χ0) is 9.40. The molecule has 0 saturated heterocycles. The van der Waals surface area contributed by atoms with E-state index in [0.29, 0.717) is 3.96 Å². The molecule has 3 heteroatoms. The van der Waals surface area contributed by atoms with Gasteiger partial charge in [-0.1, -0.05) is 0 Å². The zero-order valence-electron chi connectivity index (χ0n) is 8.30. The van der Waals surface area contributed by atoms with Gasteiger partial charge in [0, 0.05) is 0 Å². The molecular weight excluding hydrogens is 266 g/mol. The molecule has 0 aliphatic heterocycles. The third-order valence-corrected chi connectivity index (χ3v) is 4.59. The van der Waals surface area contributed by atoms with E-state index in [9.17, 15) is 4.79 Å². The molecule has 0 N–H and O–H groups in total. The summed E-state index contributed by atoms with van der Waals surface area (Å²) < 4.78 is 1.62. The first kappa shape index (κ1) is 12.3. The van der Waals surface area contributed by atoms with E-state index in [1.807, 2.05) is 18.7 Å². The molecule has 0 unspecified atom stereocenters. The predicted octanol–water partition coefficient (Wildman–Crippen LogP) is 2.37. The van der Waals surface area contributed by atoms with Gasteiger partial charge in [0.15, 0.2) is 0 Å². The molecule has 0 rings (SSSR count). The van der Waals surface area contributed by atoms with E-state index < -0.39 is 0 Å². The van der Waals surface area contributed by atoms with E-state index in [1.54, 1.807) is 0 Å². The van der Waals surface area contributed by atoms with Crippen molar-refractivity contribution in [3.8, 4) is 0 Å². The van der Waals surface area contributed by atoms with Gasteiger partial charge in [0.2, 0.25) is 0 Å². The van der Waals surface area contributed by atoms with Gasteiger partial charge in [-0.3, -0.25) is 0 Å². The van der Waals surface area contributed by atoms with Crippen molar-refractivity contribution in [2.75, 3.05) is 13.1 Å². The van der Waals surface area contributed by atoms with Crippen LogP contribution in [-0.2, 0) is 0 Å². The monoisotopic (exact) mass is 287 g/mol. The fourth-order valence-corrected chi connectivity index (χ4v) is 3.87. The summed E-state index contributed by atoms with van der Waals surface area (Å²) in [6, 6.07) is 0. The minimum atomic E-state index is -0.382. The van der Waals surface area contributed by atoms with Crippen molar-refractivity contribution in [1.82, 2.24) is 4.90 Å². The number of carbonyl (C=O) groups is 1. The van der Waals surface area contributed by atoms with Gasteiger partial charge < -0.3 is 0 Å². The molecule has 0 radical (unpaired) electrons. The summed E-state index contributed by atoms with van der Waals surface area (Å²) in [5.41, 5.74) is 0. The maximum absolute atomic E-state index is 11.5. The van der Waals surface area contributed by atoms with Gasteiger partial charge in [0.1, 0.15) is 0 Å². The van der Waals surface area contributed by atoms with Crippen molar-refractivity contribution in [2.24, 2.45) is 0 Å². The van der Waals surface area contributed by atoms with Crippen LogP contribution in [0.4, 0.5) is 4.79 Å². The quantitative estimate of drug-likeness (QED) is 0.542. The second-order valence-corrected chi connectivity index (χ2v) is 5.63. The second kappa shape index (κ2) is 7.89. The first-order valence-corrected chi connectivity index (χ1v) is 7.49. The molecule has 0 aliphatic carbocycles. The first-order valence-electron chi connectivity index (χ1n) is 4.67. The van der Waals surface area contributed by atoms with Crippen LogP contribution in [0.2, 0.25) is 4.47 Å². The Morgan fingerprint density at radius 1 is 1.25 bits per heavy atom. The molecule has 0 fully saturated rings. The van der Waals surface area contributed by atoms with E-state index in [4.69, 9.17) is 0 Å². The van der Waals surface area contributed by atoms with Crippen LogP contribution in [0, 0.1) is 0 Å². The summed E-state index contributed by atoms with van der Waals surface area (Å²) >= 11 is -0.382. The third kappa shape index (κ3) is 5.00. The Balaban J connectivity index is 3.54. The molecule has 2 nitrogen and oxygen atoms in total. The van der Waals surface area contributed by atoms with Gasteiger partial charge in [-0.05, 0) is 0 Å². The number of nitrogens with zero attached hydrogens (tertiary/aromatic N) is 1. The molecule has 1 amide bonds. The first-order chi connectivity index (χ1) is 5.76. The summed E-state index contributed by atoms with van der Waals surface area (Å²) in [4.78, 5) is 13.4. The van der Waals surface area contributed by atoms with Gasteiger partial charge >= 0.3 is 85.7 Å². The molecule has 0 spiro atoms. The summed E-state index contributed by atoms with van der Waals surface area (Å²) in [6.45, 7) is 8.04. The van der Waals surface area contributed by atoms with Crippen LogP contribution in [0.25, 0.3) is 0 Å². The Morgan fingerprint density at radius 2 is 1.83 bits per heavy atom. The van der Waals surface area contributed by atoms with E-state index >= 15 is 0 Å². The second-order valence-electron chi connectivity index (χ2n) is 2.64. The van der Waals surface area contributed by atoms with Gasteiger partial charge in [-0.2, -0.15) is 0 Å². The van der Waals surface area contributed by atoms with Gasteiger partial charge in [-0.25, -0.2) is 0 Å². The fraction of sp³-hybridized carbons (Fsp3) is 0.889. The summed E-state index contributed by atoms with van der Waals surface area (Å²) in [7, 11) is 0. The molecule has 0 atom stereocenters. The number of carbonyl (C=O) groups excluding carboxylic acids is 1. The third-order valence-electron chi connectivity index (χ3n) is 1.75. The Bertz CT molecular complexity index is 124. The fourth-order valence-electron chi connectivity index (χ4n) is 0.877. The Hall–Kier alpha value is 0.260. The summed E-state index contributed by atoms with van der Waals surface area (Å²) in [5.74, 6) is 0. The Morgan fingerprint density at radius 3 is 2.25 bits per heavy atom. The molecule has 0 aromatic heterocycles. The molecule has 0 bridgehead atoms. The Labute approximate surface area is 85.8 Å². The summed E-state index contributed by atoms with van der Waals surface area (Å²) in [5, 5.41) is 0. The van der Waals surface area contributed by atoms with Crippen LogP contribution in [0.15, 0.2) is 0 Å².